The quantitative estimate of drug-likeness (QED) is 0.912. The van der Waals surface area contributed by atoms with E-state index < -0.39 is 0 Å². The Labute approximate surface area is 153 Å². The normalized spacial score (nSPS) is 27.4. The van der Waals surface area contributed by atoms with Crippen LogP contribution in [0.1, 0.15) is 36.4 Å². The molecule has 134 valence electrons. The Morgan fingerprint density at radius 1 is 1.28 bits per heavy atom. The predicted octanol–water partition coefficient (Wildman–Crippen LogP) is 3.57. The summed E-state index contributed by atoms with van der Waals surface area (Å²) in [6.07, 6.45) is 2.40. The summed E-state index contributed by atoms with van der Waals surface area (Å²) in [5, 5.41) is 4.53. The molecule has 4 nitrogen and oxygen atoms in total. The maximum Gasteiger partial charge on any atom is 0.261 e. The zero-order valence-electron chi connectivity index (χ0n) is 15.5. The first-order valence-corrected chi connectivity index (χ1v) is 9.95. The minimum absolute atomic E-state index is 0.0440. The molecule has 5 heteroatoms. The van der Waals surface area contributed by atoms with Gasteiger partial charge in [-0.2, -0.15) is 0 Å². The van der Waals surface area contributed by atoms with E-state index in [0.29, 0.717) is 5.92 Å². The third-order valence-electron chi connectivity index (χ3n) is 6.10. The molecule has 1 aromatic heterocycles. The molecule has 2 aromatic rings. The third-order valence-corrected chi connectivity index (χ3v) is 7.27. The van der Waals surface area contributed by atoms with Crippen molar-refractivity contribution >= 4 is 33.0 Å². The summed E-state index contributed by atoms with van der Waals surface area (Å²) in [7, 11) is 4.09. The van der Waals surface area contributed by atoms with Crippen molar-refractivity contribution in [1.82, 2.24) is 10.2 Å². The first-order valence-electron chi connectivity index (χ1n) is 9.14. The summed E-state index contributed by atoms with van der Waals surface area (Å²) >= 11 is 1.60. The summed E-state index contributed by atoms with van der Waals surface area (Å²) in [5.74, 6) is 0.688. The Balaban J connectivity index is 1.61. The summed E-state index contributed by atoms with van der Waals surface area (Å²) < 4.78 is 1.19. The second-order valence-corrected chi connectivity index (χ2v) is 9.18. The highest BCUT2D eigenvalue weighted by atomic mass is 32.1. The molecule has 0 saturated carbocycles. The highest BCUT2D eigenvalue weighted by Gasteiger charge is 2.48. The predicted molar refractivity (Wildman–Crippen MR) is 106 cm³/mol. The molecule has 3 aliphatic rings. The number of thiophene rings is 1. The van der Waals surface area contributed by atoms with Gasteiger partial charge >= 0.3 is 0 Å². The zero-order valence-corrected chi connectivity index (χ0v) is 16.3. The van der Waals surface area contributed by atoms with Crippen LogP contribution in [0, 0.1) is 5.92 Å². The molecule has 1 atom stereocenters. The van der Waals surface area contributed by atoms with Crippen LogP contribution in [0.4, 0.5) is 5.69 Å². The van der Waals surface area contributed by atoms with E-state index in [4.69, 9.17) is 0 Å². The van der Waals surface area contributed by atoms with Crippen molar-refractivity contribution in [1.29, 1.82) is 0 Å². The van der Waals surface area contributed by atoms with Crippen molar-refractivity contribution in [3.63, 3.8) is 0 Å². The highest BCUT2D eigenvalue weighted by molar-refractivity contribution is 7.21. The summed E-state index contributed by atoms with van der Waals surface area (Å²) in [6, 6.07) is 8.53. The monoisotopic (exact) mass is 357 g/mol. The molecule has 0 spiro atoms. The van der Waals surface area contributed by atoms with Gasteiger partial charge in [-0.15, -0.1) is 11.3 Å². The lowest BCUT2D eigenvalue weighted by atomic mass is 9.72. The van der Waals surface area contributed by atoms with Crippen LogP contribution in [0.15, 0.2) is 24.3 Å². The molecule has 25 heavy (non-hydrogen) atoms. The van der Waals surface area contributed by atoms with Gasteiger partial charge in [0.05, 0.1) is 15.3 Å². The average Bonchev–Trinajstić information content (AvgIpc) is 3.02. The number of hydrogen-bond acceptors (Lipinski definition) is 4. The van der Waals surface area contributed by atoms with Gasteiger partial charge in [-0.3, -0.25) is 9.69 Å². The average molecular weight is 358 g/mol. The molecular weight excluding hydrogens is 330 g/mol. The van der Waals surface area contributed by atoms with E-state index >= 15 is 0 Å². The van der Waals surface area contributed by atoms with E-state index in [2.05, 4.69) is 47.2 Å². The molecule has 0 aliphatic carbocycles. The first-order chi connectivity index (χ1) is 11.9. The molecule has 5 rings (SSSR count). The Morgan fingerprint density at radius 3 is 2.64 bits per heavy atom. The molecule has 1 N–H and O–H groups in total. The molecule has 4 heterocycles. The lowest BCUT2D eigenvalue weighted by Gasteiger charge is -2.56. The smallest absolute Gasteiger partial charge is 0.261 e. The van der Waals surface area contributed by atoms with Crippen molar-refractivity contribution in [2.24, 2.45) is 5.92 Å². The van der Waals surface area contributed by atoms with Crippen LogP contribution < -0.4 is 10.2 Å². The lowest BCUT2D eigenvalue weighted by Crippen LogP contribution is -2.69. The van der Waals surface area contributed by atoms with Gasteiger partial charge in [0.25, 0.3) is 5.91 Å². The van der Waals surface area contributed by atoms with E-state index in [-0.39, 0.29) is 17.5 Å². The van der Waals surface area contributed by atoms with Crippen molar-refractivity contribution in [3.8, 4) is 0 Å². The number of carbonyl (C=O) groups excluding carboxylic acids is 1. The Hall–Kier alpha value is -1.59. The molecule has 1 amide bonds. The number of nitrogens with one attached hydrogen (secondary N) is 1. The first kappa shape index (κ1) is 16.9. The maximum atomic E-state index is 13.0. The van der Waals surface area contributed by atoms with E-state index in [0.717, 1.165) is 10.3 Å². The van der Waals surface area contributed by atoms with Gasteiger partial charge in [0.2, 0.25) is 0 Å². The second-order valence-electron chi connectivity index (χ2n) is 8.13. The number of benzene rings is 1. The molecule has 0 unspecified atom stereocenters. The molecule has 2 bridgehead atoms. The summed E-state index contributed by atoms with van der Waals surface area (Å²) in [5.41, 5.74) is 1.21. The van der Waals surface area contributed by atoms with Crippen LogP contribution in [0.5, 0.6) is 0 Å². The van der Waals surface area contributed by atoms with Gasteiger partial charge in [-0.05, 0) is 63.2 Å². The number of carbonyl (C=O) groups is 1. The number of rotatable bonds is 3. The van der Waals surface area contributed by atoms with Crippen LogP contribution in [0.2, 0.25) is 0 Å². The topological polar surface area (TPSA) is 35.6 Å². The van der Waals surface area contributed by atoms with Crippen LogP contribution in [-0.4, -0.2) is 49.6 Å². The number of hydrogen-bond donors (Lipinski definition) is 1. The van der Waals surface area contributed by atoms with E-state index in [1.54, 1.807) is 11.3 Å². The second kappa shape index (κ2) is 5.99. The van der Waals surface area contributed by atoms with Crippen molar-refractivity contribution in [2.45, 2.75) is 38.3 Å². The zero-order chi connectivity index (χ0) is 17.8. The highest BCUT2D eigenvalue weighted by Crippen LogP contribution is 2.39. The fourth-order valence-corrected chi connectivity index (χ4v) is 5.76. The molecule has 1 aromatic carbocycles. The molecule has 0 radical (unpaired) electrons. The number of amides is 1. The van der Waals surface area contributed by atoms with Gasteiger partial charge in [-0.25, -0.2) is 0 Å². The Bertz CT molecular complexity index is 802. The van der Waals surface area contributed by atoms with Gasteiger partial charge in [-0.1, -0.05) is 12.1 Å². The Morgan fingerprint density at radius 2 is 2.00 bits per heavy atom. The van der Waals surface area contributed by atoms with Crippen molar-refractivity contribution in [2.75, 3.05) is 32.1 Å². The van der Waals surface area contributed by atoms with Crippen molar-refractivity contribution < 1.29 is 4.79 Å². The minimum Gasteiger partial charge on any atom is -0.377 e. The lowest BCUT2D eigenvalue weighted by molar-refractivity contribution is -0.0377. The number of piperidine rings is 3. The van der Waals surface area contributed by atoms with Gasteiger partial charge < -0.3 is 10.2 Å². The van der Waals surface area contributed by atoms with E-state index in [1.165, 1.54) is 36.3 Å². The number of fused-ring (bicyclic) bond motifs is 4. The number of nitrogens with zero attached hydrogens (tertiary/aromatic N) is 2. The summed E-state index contributed by atoms with van der Waals surface area (Å²) in [4.78, 5) is 18.5. The van der Waals surface area contributed by atoms with E-state index in [1.807, 2.05) is 20.2 Å². The van der Waals surface area contributed by atoms with Crippen LogP contribution in [-0.2, 0) is 0 Å². The molecular formula is C20H27N3OS. The largest absolute Gasteiger partial charge is 0.377 e. The number of anilines is 1. The summed E-state index contributed by atoms with van der Waals surface area (Å²) in [6.45, 7) is 6.88. The minimum atomic E-state index is 0.0440. The fraction of sp³-hybridized carbons (Fsp3) is 0.550. The fourth-order valence-electron chi connectivity index (χ4n) is 4.60. The SMILES string of the molecule is CN(C)c1cccc2cc(C(=O)N[C@H]3C4CCN(CC4)C3(C)C)sc12. The maximum absolute atomic E-state index is 13.0. The van der Waals surface area contributed by atoms with Gasteiger partial charge in [0, 0.05) is 25.7 Å². The standard InChI is InChI=1S/C20H27N3OS/c1-20(2)18(13-8-10-23(20)11-9-13)21-19(24)16-12-14-6-5-7-15(22(3)4)17(14)25-16/h5-7,12-13,18H,8-11H2,1-4H3,(H,21,24)/t18-/m0/s1. The van der Waals surface area contributed by atoms with Crippen LogP contribution >= 0.6 is 11.3 Å². The van der Waals surface area contributed by atoms with Gasteiger partial charge in [0.1, 0.15) is 0 Å². The third kappa shape index (κ3) is 2.74. The molecule has 3 aliphatic heterocycles. The van der Waals surface area contributed by atoms with Crippen molar-refractivity contribution in [3.05, 3.63) is 29.1 Å². The molecule has 3 saturated heterocycles. The van der Waals surface area contributed by atoms with Crippen LogP contribution in [0.3, 0.4) is 0 Å². The molecule has 3 fully saturated rings. The van der Waals surface area contributed by atoms with Gasteiger partial charge in [0.15, 0.2) is 0 Å². The van der Waals surface area contributed by atoms with E-state index in [9.17, 15) is 4.79 Å². The Kier molecular flexibility index (Phi) is 4.04. The van der Waals surface area contributed by atoms with Crippen LogP contribution in [0.25, 0.3) is 10.1 Å².